The van der Waals surface area contributed by atoms with Crippen LogP contribution in [0.25, 0.3) is 0 Å². The van der Waals surface area contributed by atoms with Crippen LogP contribution in [-0.2, 0) is 19.8 Å². The van der Waals surface area contributed by atoms with Crippen molar-refractivity contribution in [2.45, 2.75) is 0 Å². The second-order valence-electron chi connectivity index (χ2n) is 1.89. The molecule has 5 heteroatoms. The molecular formula is C8H10Br2O2Os. The molecular weight excluding hydrogens is 478 g/mol. The van der Waals surface area contributed by atoms with E-state index in [9.17, 15) is 0 Å². The molecule has 0 atom stereocenters. The van der Waals surface area contributed by atoms with Gasteiger partial charge in [-0.15, -0.1) is 0 Å². The predicted octanol–water partition coefficient (Wildman–Crippen LogP) is -4.94. The van der Waals surface area contributed by atoms with Crippen molar-refractivity contribution < 1.29 is 63.6 Å². The van der Waals surface area contributed by atoms with Crippen LogP contribution < -0.4 is 38.7 Å². The molecule has 0 saturated carbocycles. The van der Waals surface area contributed by atoms with Crippen molar-refractivity contribution in [1.29, 1.82) is 0 Å². The van der Waals surface area contributed by atoms with Crippen molar-refractivity contribution in [2.24, 2.45) is 0 Å². The van der Waals surface area contributed by atoms with Gasteiger partial charge in [-0.25, -0.2) is 0 Å². The molecule has 0 fully saturated rings. The van der Waals surface area contributed by atoms with Crippen LogP contribution >= 0.6 is 0 Å². The molecule has 0 spiro atoms. The fourth-order valence-electron chi connectivity index (χ4n) is 0.680. The smallest absolute Gasteiger partial charge is 1.00 e. The number of benzene rings is 1. The first-order chi connectivity index (χ1) is 4.93. The van der Waals surface area contributed by atoms with E-state index in [1.165, 1.54) is 0 Å². The van der Waals surface area contributed by atoms with Crippen molar-refractivity contribution in [3.8, 4) is 5.75 Å². The van der Waals surface area contributed by atoms with Crippen molar-refractivity contribution >= 4 is 0 Å². The van der Waals surface area contributed by atoms with Crippen molar-refractivity contribution in [2.75, 3.05) is 13.2 Å². The minimum absolute atomic E-state index is 0. The van der Waals surface area contributed by atoms with E-state index in [4.69, 9.17) is 9.84 Å². The fourth-order valence-corrected chi connectivity index (χ4v) is 0.680. The molecule has 1 rings (SSSR count). The quantitative estimate of drug-likeness (QED) is 0.463. The van der Waals surface area contributed by atoms with Gasteiger partial charge in [0.05, 0.1) is 6.61 Å². The number of para-hydroxylation sites is 1. The zero-order chi connectivity index (χ0) is 7.23. The van der Waals surface area contributed by atoms with E-state index in [1.54, 1.807) is 0 Å². The summed E-state index contributed by atoms with van der Waals surface area (Å²) in [6, 6.07) is 9.43. The van der Waals surface area contributed by atoms with E-state index in [2.05, 4.69) is 0 Å². The Morgan fingerprint density at radius 3 is 2.08 bits per heavy atom. The Bertz CT molecular complexity index is 185. The van der Waals surface area contributed by atoms with Crippen molar-refractivity contribution in [3.63, 3.8) is 0 Å². The standard InChI is InChI=1S/C8H10O2.2BrH.Os/c9-6-7-10-8-4-2-1-3-5-8;;;/h1-5,9H,6-7H2;2*1H;/q;;;+2/p-2. The summed E-state index contributed by atoms with van der Waals surface area (Å²) in [4.78, 5) is 0. The average molecular weight is 488 g/mol. The third kappa shape index (κ3) is 8.89. The Morgan fingerprint density at radius 2 is 1.62 bits per heavy atom. The first-order valence-electron chi connectivity index (χ1n) is 3.22. The molecule has 0 amide bonds. The van der Waals surface area contributed by atoms with Gasteiger partial charge in [0.15, 0.2) is 0 Å². The monoisotopic (exact) mass is 488 g/mol. The Labute approximate surface area is 112 Å². The normalized spacial score (nSPS) is 7.15. The molecule has 0 aromatic heterocycles. The molecule has 1 N–H and O–H groups in total. The van der Waals surface area contributed by atoms with Crippen LogP contribution in [0, 0.1) is 0 Å². The van der Waals surface area contributed by atoms with Gasteiger partial charge in [-0.2, -0.15) is 0 Å². The van der Waals surface area contributed by atoms with E-state index < -0.39 is 0 Å². The average Bonchev–Trinajstić information content (AvgIpc) is 2.03. The number of hydrogen-bond donors (Lipinski definition) is 1. The molecule has 0 aliphatic rings. The Balaban J connectivity index is -0.000000333. The number of rotatable bonds is 3. The summed E-state index contributed by atoms with van der Waals surface area (Å²) in [7, 11) is 0. The summed E-state index contributed by atoms with van der Waals surface area (Å²) in [5, 5.41) is 8.40. The summed E-state index contributed by atoms with van der Waals surface area (Å²) in [6.45, 7) is 0.429. The van der Waals surface area contributed by atoms with Crippen LogP contribution in [0.5, 0.6) is 5.75 Å². The molecule has 1 aromatic carbocycles. The van der Waals surface area contributed by atoms with E-state index in [0.717, 1.165) is 5.75 Å². The molecule has 76 valence electrons. The fraction of sp³-hybridized carbons (Fsp3) is 0.250. The van der Waals surface area contributed by atoms with Gasteiger partial charge in [0.1, 0.15) is 12.4 Å². The van der Waals surface area contributed by atoms with Gasteiger partial charge >= 0.3 is 19.8 Å². The van der Waals surface area contributed by atoms with Gasteiger partial charge in [-0.3, -0.25) is 0 Å². The maximum atomic E-state index is 8.40. The molecule has 0 unspecified atom stereocenters. The zero-order valence-electron chi connectivity index (χ0n) is 6.77. The first kappa shape index (κ1) is 19.2. The van der Waals surface area contributed by atoms with Crippen molar-refractivity contribution in [1.82, 2.24) is 0 Å². The van der Waals surface area contributed by atoms with Crippen LogP contribution in [0.2, 0.25) is 0 Å². The van der Waals surface area contributed by atoms with Gasteiger partial charge in [0, 0.05) is 0 Å². The Morgan fingerprint density at radius 1 is 1.08 bits per heavy atom. The second-order valence-corrected chi connectivity index (χ2v) is 1.89. The number of hydrogen-bond acceptors (Lipinski definition) is 2. The number of aliphatic hydroxyl groups excluding tert-OH is 1. The van der Waals surface area contributed by atoms with Crippen LogP contribution in [0.3, 0.4) is 0 Å². The second kappa shape index (κ2) is 12.6. The van der Waals surface area contributed by atoms with E-state index in [0.29, 0.717) is 6.61 Å². The molecule has 13 heavy (non-hydrogen) atoms. The summed E-state index contributed by atoms with van der Waals surface area (Å²) >= 11 is 0. The van der Waals surface area contributed by atoms with E-state index in [1.807, 2.05) is 30.3 Å². The number of aliphatic hydroxyl groups is 1. The first-order valence-corrected chi connectivity index (χ1v) is 3.22. The Kier molecular flexibility index (Phi) is 18.6. The maximum Gasteiger partial charge on any atom is 2.00 e. The molecule has 0 saturated heterocycles. The molecule has 2 nitrogen and oxygen atoms in total. The predicted molar refractivity (Wildman–Crippen MR) is 39.0 cm³/mol. The molecule has 0 aliphatic carbocycles. The summed E-state index contributed by atoms with van der Waals surface area (Å²) in [5.74, 6) is 0.802. The summed E-state index contributed by atoms with van der Waals surface area (Å²) < 4.78 is 5.11. The third-order valence-electron chi connectivity index (χ3n) is 1.10. The van der Waals surface area contributed by atoms with Gasteiger partial charge in [-0.1, -0.05) is 18.2 Å². The minimum Gasteiger partial charge on any atom is -1.00 e. The van der Waals surface area contributed by atoms with Crippen LogP contribution in [0.4, 0.5) is 0 Å². The molecule has 1 aromatic rings. The number of halogens is 2. The maximum absolute atomic E-state index is 8.40. The van der Waals surface area contributed by atoms with Crippen LogP contribution in [-0.4, -0.2) is 18.3 Å². The molecule has 0 aliphatic heterocycles. The van der Waals surface area contributed by atoms with Crippen LogP contribution in [0.15, 0.2) is 30.3 Å². The minimum atomic E-state index is 0. The van der Waals surface area contributed by atoms with Crippen LogP contribution in [0.1, 0.15) is 0 Å². The summed E-state index contributed by atoms with van der Waals surface area (Å²) in [6.07, 6.45) is 0. The van der Waals surface area contributed by atoms with Crippen molar-refractivity contribution in [3.05, 3.63) is 30.3 Å². The zero-order valence-corrected chi connectivity index (χ0v) is 12.5. The van der Waals surface area contributed by atoms with Gasteiger partial charge in [0.25, 0.3) is 0 Å². The largest absolute Gasteiger partial charge is 2.00 e. The molecule has 0 heterocycles. The van der Waals surface area contributed by atoms with Gasteiger partial charge < -0.3 is 43.8 Å². The van der Waals surface area contributed by atoms with Gasteiger partial charge in [-0.05, 0) is 12.1 Å². The molecule has 0 radical (unpaired) electrons. The third-order valence-corrected chi connectivity index (χ3v) is 1.10. The number of ether oxygens (including phenoxy) is 1. The van der Waals surface area contributed by atoms with Gasteiger partial charge in [0.2, 0.25) is 0 Å². The molecule has 0 bridgehead atoms. The van der Waals surface area contributed by atoms with E-state index in [-0.39, 0.29) is 60.4 Å². The summed E-state index contributed by atoms with van der Waals surface area (Å²) in [5.41, 5.74) is 0. The topological polar surface area (TPSA) is 29.5 Å². The Hall–Kier alpha value is 0.576. The SMILES string of the molecule is OCCOc1ccccc1.[Br-].[Br-].[Os+2]. The van der Waals surface area contributed by atoms with E-state index >= 15 is 0 Å².